The third-order valence-corrected chi connectivity index (χ3v) is 3.01. The second-order valence-corrected chi connectivity index (χ2v) is 5.25. The number of carbonyl (C=O) groups is 2. The minimum atomic E-state index is -0.950. The highest BCUT2D eigenvalue weighted by Crippen LogP contribution is 2.20. The van der Waals surface area contributed by atoms with Crippen LogP contribution in [0.2, 0.25) is 0 Å². The van der Waals surface area contributed by atoms with Crippen LogP contribution in [0.4, 0.5) is 0 Å². The number of hydrogen-bond acceptors (Lipinski definition) is 3. The van der Waals surface area contributed by atoms with Crippen molar-refractivity contribution < 1.29 is 14.7 Å². The summed E-state index contributed by atoms with van der Waals surface area (Å²) in [5.74, 6) is 0.315. The van der Waals surface area contributed by atoms with Crippen molar-refractivity contribution in [3.63, 3.8) is 0 Å². The summed E-state index contributed by atoms with van der Waals surface area (Å²) in [5.41, 5.74) is -0.950. The van der Waals surface area contributed by atoms with Crippen molar-refractivity contribution in [2.45, 2.75) is 45.6 Å². The summed E-state index contributed by atoms with van der Waals surface area (Å²) >= 11 is 0. The van der Waals surface area contributed by atoms with Crippen molar-refractivity contribution in [3.05, 3.63) is 0 Å². The van der Waals surface area contributed by atoms with Crippen LogP contribution in [-0.4, -0.2) is 40.4 Å². The number of hydrogen-bond donors (Lipinski definition) is 1. The van der Waals surface area contributed by atoms with Crippen molar-refractivity contribution in [2.24, 2.45) is 5.92 Å². The van der Waals surface area contributed by atoms with Gasteiger partial charge in [0.05, 0.1) is 12.0 Å². The van der Waals surface area contributed by atoms with Gasteiger partial charge >= 0.3 is 0 Å². The predicted octanol–water partition coefficient (Wildman–Crippen LogP) is 0.975. The Morgan fingerprint density at radius 1 is 1.31 bits per heavy atom. The summed E-state index contributed by atoms with van der Waals surface area (Å²) in [4.78, 5) is 24.7. The predicted molar refractivity (Wildman–Crippen MR) is 60.9 cm³/mol. The standard InChI is InChI=1S/C12H21NO3/c1-9(14)10-4-6-13(7-5-10)11(15)8-12(2,3)16/h10,16H,4-8H2,1-3H3. The minimum Gasteiger partial charge on any atom is -0.390 e. The van der Waals surface area contributed by atoms with Crippen LogP contribution < -0.4 is 0 Å². The molecule has 0 bridgehead atoms. The SMILES string of the molecule is CC(=O)C1CCN(C(=O)CC(C)(C)O)CC1. The monoisotopic (exact) mass is 227 g/mol. The van der Waals surface area contributed by atoms with Crippen LogP contribution in [0.5, 0.6) is 0 Å². The summed E-state index contributed by atoms with van der Waals surface area (Å²) < 4.78 is 0. The normalized spacial score (nSPS) is 18.6. The Hall–Kier alpha value is -0.900. The van der Waals surface area contributed by atoms with Gasteiger partial charge in [0.2, 0.25) is 5.91 Å². The molecule has 0 spiro atoms. The third-order valence-electron chi connectivity index (χ3n) is 3.01. The fraction of sp³-hybridized carbons (Fsp3) is 0.833. The number of piperidine rings is 1. The molecule has 0 aromatic heterocycles. The molecule has 1 heterocycles. The molecule has 0 atom stereocenters. The maximum atomic E-state index is 11.8. The summed E-state index contributed by atoms with van der Waals surface area (Å²) in [6.45, 7) is 6.15. The lowest BCUT2D eigenvalue weighted by Crippen LogP contribution is -2.42. The highest BCUT2D eigenvalue weighted by atomic mass is 16.3. The quantitative estimate of drug-likeness (QED) is 0.781. The van der Waals surface area contributed by atoms with E-state index in [2.05, 4.69) is 0 Å². The van der Waals surface area contributed by atoms with Crippen LogP contribution in [0.1, 0.15) is 40.0 Å². The third kappa shape index (κ3) is 3.93. The fourth-order valence-electron chi connectivity index (χ4n) is 2.02. The Morgan fingerprint density at radius 3 is 2.19 bits per heavy atom. The van der Waals surface area contributed by atoms with E-state index in [0.717, 1.165) is 12.8 Å². The topological polar surface area (TPSA) is 57.6 Å². The van der Waals surface area contributed by atoms with Gasteiger partial charge in [-0.25, -0.2) is 0 Å². The van der Waals surface area contributed by atoms with Gasteiger partial charge in [0, 0.05) is 19.0 Å². The molecule has 0 aromatic rings. The van der Waals surface area contributed by atoms with Crippen molar-refractivity contribution in [3.8, 4) is 0 Å². The molecular formula is C12H21NO3. The van der Waals surface area contributed by atoms with E-state index in [0.29, 0.717) is 13.1 Å². The van der Waals surface area contributed by atoms with E-state index in [1.54, 1.807) is 25.7 Å². The van der Waals surface area contributed by atoms with Gasteiger partial charge in [0.15, 0.2) is 0 Å². The van der Waals surface area contributed by atoms with Gasteiger partial charge < -0.3 is 10.0 Å². The van der Waals surface area contributed by atoms with Crippen molar-refractivity contribution in [1.82, 2.24) is 4.90 Å². The number of likely N-dealkylation sites (tertiary alicyclic amines) is 1. The van der Waals surface area contributed by atoms with E-state index >= 15 is 0 Å². The van der Waals surface area contributed by atoms with E-state index in [1.807, 2.05) is 0 Å². The molecule has 1 aliphatic rings. The second-order valence-electron chi connectivity index (χ2n) is 5.25. The number of nitrogens with zero attached hydrogens (tertiary/aromatic N) is 1. The number of aliphatic hydroxyl groups is 1. The summed E-state index contributed by atoms with van der Waals surface area (Å²) in [7, 11) is 0. The highest BCUT2D eigenvalue weighted by Gasteiger charge is 2.27. The first-order valence-electron chi connectivity index (χ1n) is 5.80. The van der Waals surface area contributed by atoms with Crippen molar-refractivity contribution in [1.29, 1.82) is 0 Å². The zero-order valence-corrected chi connectivity index (χ0v) is 10.3. The van der Waals surface area contributed by atoms with Gasteiger partial charge in [-0.2, -0.15) is 0 Å². The lowest BCUT2D eigenvalue weighted by atomic mass is 9.93. The average Bonchev–Trinajstić information content (AvgIpc) is 2.15. The van der Waals surface area contributed by atoms with E-state index in [4.69, 9.17) is 0 Å². The van der Waals surface area contributed by atoms with Crippen LogP contribution in [0.25, 0.3) is 0 Å². The Kier molecular flexibility index (Phi) is 4.08. The van der Waals surface area contributed by atoms with Gasteiger partial charge in [-0.05, 0) is 33.6 Å². The lowest BCUT2D eigenvalue weighted by molar-refractivity contribution is -0.138. The maximum absolute atomic E-state index is 11.8. The molecule has 4 heteroatoms. The first-order chi connectivity index (χ1) is 7.29. The molecule has 1 saturated heterocycles. The van der Waals surface area contributed by atoms with E-state index in [9.17, 15) is 14.7 Å². The molecule has 1 aliphatic heterocycles. The first-order valence-corrected chi connectivity index (χ1v) is 5.80. The summed E-state index contributed by atoms with van der Waals surface area (Å²) in [6, 6.07) is 0. The molecule has 92 valence electrons. The molecule has 1 rings (SSSR count). The zero-order chi connectivity index (χ0) is 12.3. The van der Waals surface area contributed by atoms with Crippen LogP contribution in [-0.2, 0) is 9.59 Å². The van der Waals surface area contributed by atoms with Crippen LogP contribution >= 0.6 is 0 Å². The lowest BCUT2D eigenvalue weighted by Gasteiger charge is -2.32. The number of amides is 1. The Labute approximate surface area is 96.6 Å². The Balaban J connectivity index is 2.42. The maximum Gasteiger partial charge on any atom is 0.225 e. The van der Waals surface area contributed by atoms with Crippen molar-refractivity contribution in [2.75, 3.05) is 13.1 Å². The molecule has 1 fully saturated rings. The number of ketones is 1. The molecule has 1 amide bonds. The molecule has 0 radical (unpaired) electrons. The molecule has 0 unspecified atom stereocenters. The summed E-state index contributed by atoms with van der Waals surface area (Å²) in [6.07, 6.45) is 1.66. The molecule has 4 nitrogen and oxygen atoms in total. The van der Waals surface area contributed by atoms with Crippen LogP contribution in [0.3, 0.4) is 0 Å². The van der Waals surface area contributed by atoms with E-state index < -0.39 is 5.60 Å². The minimum absolute atomic E-state index is 0.0190. The van der Waals surface area contributed by atoms with Gasteiger partial charge in [0.25, 0.3) is 0 Å². The Bertz CT molecular complexity index is 272. The number of carbonyl (C=O) groups excluding carboxylic acids is 2. The molecule has 1 N–H and O–H groups in total. The fourth-order valence-corrected chi connectivity index (χ4v) is 2.02. The van der Waals surface area contributed by atoms with Gasteiger partial charge in [-0.1, -0.05) is 0 Å². The van der Waals surface area contributed by atoms with Crippen LogP contribution in [0, 0.1) is 5.92 Å². The average molecular weight is 227 g/mol. The zero-order valence-electron chi connectivity index (χ0n) is 10.3. The molecular weight excluding hydrogens is 206 g/mol. The van der Waals surface area contributed by atoms with E-state index in [-0.39, 0.29) is 24.0 Å². The molecule has 0 saturated carbocycles. The van der Waals surface area contributed by atoms with Crippen LogP contribution in [0.15, 0.2) is 0 Å². The van der Waals surface area contributed by atoms with Gasteiger partial charge in [0.1, 0.15) is 5.78 Å². The van der Waals surface area contributed by atoms with Gasteiger partial charge in [-0.3, -0.25) is 9.59 Å². The molecule has 0 aromatic carbocycles. The molecule has 16 heavy (non-hydrogen) atoms. The number of rotatable bonds is 3. The first kappa shape index (κ1) is 13.2. The van der Waals surface area contributed by atoms with Crippen molar-refractivity contribution >= 4 is 11.7 Å². The largest absolute Gasteiger partial charge is 0.390 e. The Morgan fingerprint density at radius 2 is 1.81 bits per heavy atom. The smallest absolute Gasteiger partial charge is 0.225 e. The van der Waals surface area contributed by atoms with E-state index in [1.165, 1.54) is 0 Å². The summed E-state index contributed by atoms with van der Waals surface area (Å²) in [5, 5.41) is 9.56. The molecule has 0 aliphatic carbocycles. The van der Waals surface area contributed by atoms with Gasteiger partial charge in [-0.15, -0.1) is 0 Å². The number of Topliss-reactive ketones (excluding diaryl/α,β-unsaturated/α-hetero) is 1. The highest BCUT2D eigenvalue weighted by molar-refractivity contribution is 5.80. The second kappa shape index (κ2) is 4.95.